The van der Waals surface area contributed by atoms with Crippen molar-refractivity contribution in [2.45, 2.75) is 6.04 Å². The second-order valence-corrected chi connectivity index (χ2v) is 6.05. The molecule has 0 aromatic heterocycles. The molecule has 1 unspecified atom stereocenters. The Morgan fingerprint density at radius 3 is 2.37 bits per heavy atom. The summed E-state index contributed by atoms with van der Waals surface area (Å²) in [6.07, 6.45) is 0. The highest BCUT2D eigenvalue weighted by Gasteiger charge is 2.22. The van der Waals surface area contributed by atoms with E-state index in [1.54, 1.807) is 18.2 Å². The monoisotopic (exact) mass is 409 g/mol. The number of halogens is 5. The highest BCUT2D eigenvalue weighted by Crippen LogP contribution is 2.33. The maximum Gasteiger partial charge on any atom is 0.145 e. The molecule has 0 saturated heterocycles. The Bertz CT molecular complexity index is 634. The second kappa shape index (κ2) is 5.87. The average molecular weight is 411 g/mol. The first-order valence-electron chi connectivity index (χ1n) is 5.25. The van der Waals surface area contributed by atoms with Crippen molar-refractivity contribution in [1.82, 2.24) is 0 Å². The summed E-state index contributed by atoms with van der Waals surface area (Å²) in [7, 11) is 0. The fourth-order valence-electron chi connectivity index (χ4n) is 1.74. The third-order valence-electron chi connectivity index (χ3n) is 2.69. The van der Waals surface area contributed by atoms with E-state index in [4.69, 9.17) is 17.3 Å². The van der Waals surface area contributed by atoms with Crippen molar-refractivity contribution in [3.63, 3.8) is 0 Å². The molecule has 0 saturated carbocycles. The van der Waals surface area contributed by atoms with Crippen molar-refractivity contribution >= 4 is 43.5 Å². The molecular weight excluding hydrogens is 403 g/mol. The van der Waals surface area contributed by atoms with Gasteiger partial charge in [-0.25, -0.2) is 8.78 Å². The van der Waals surface area contributed by atoms with Crippen molar-refractivity contribution in [3.8, 4) is 0 Å². The molecule has 100 valence electrons. The van der Waals surface area contributed by atoms with Crippen molar-refractivity contribution in [3.05, 3.63) is 67.1 Å². The van der Waals surface area contributed by atoms with Crippen LogP contribution in [0.15, 0.2) is 39.3 Å². The van der Waals surface area contributed by atoms with Crippen molar-refractivity contribution in [2.75, 3.05) is 0 Å². The maximum absolute atomic E-state index is 14.0. The quantitative estimate of drug-likeness (QED) is 0.676. The normalized spacial score (nSPS) is 12.5. The minimum absolute atomic E-state index is 0.171. The molecule has 0 fully saturated rings. The molecule has 1 atom stereocenters. The first kappa shape index (κ1) is 14.9. The van der Waals surface area contributed by atoms with Crippen LogP contribution in [0.2, 0.25) is 5.02 Å². The summed E-state index contributed by atoms with van der Waals surface area (Å²) in [5.41, 5.74) is 6.34. The molecule has 2 aromatic rings. The Hall–Kier alpha value is -0.490. The third-order valence-corrected chi connectivity index (χ3v) is 4.22. The lowest BCUT2D eigenvalue weighted by Crippen LogP contribution is -2.16. The van der Waals surface area contributed by atoms with Crippen LogP contribution in [-0.2, 0) is 0 Å². The number of benzene rings is 2. The highest BCUT2D eigenvalue weighted by molar-refractivity contribution is 9.10. The maximum atomic E-state index is 14.0. The summed E-state index contributed by atoms with van der Waals surface area (Å²) in [5, 5.41) is 0.512. The standard InChI is InChI=1S/C13H8Br2ClF2N/c14-8-3-4-10(17)11(12(8)18)13(19)7-2-1-6(16)5-9(7)15/h1-5,13H,19H2. The van der Waals surface area contributed by atoms with Gasteiger partial charge in [0.05, 0.1) is 10.5 Å². The predicted octanol–water partition coefficient (Wildman–Crippen LogP) is 5.19. The molecule has 0 bridgehead atoms. The smallest absolute Gasteiger partial charge is 0.145 e. The van der Waals surface area contributed by atoms with E-state index in [9.17, 15) is 8.78 Å². The van der Waals surface area contributed by atoms with Crippen LogP contribution in [0, 0.1) is 11.6 Å². The Morgan fingerprint density at radius 1 is 1.05 bits per heavy atom. The molecule has 6 heteroatoms. The summed E-state index contributed by atoms with van der Waals surface area (Å²) in [5.74, 6) is -1.38. The van der Waals surface area contributed by atoms with Gasteiger partial charge in [0.2, 0.25) is 0 Å². The Morgan fingerprint density at radius 2 is 1.74 bits per heavy atom. The zero-order chi connectivity index (χ0) is 14.2. The molecular formula is C13H8Br2ClF2N. The summed E-state index contributed by atoms with van der Waals surface area (Å²) < 4.78 is 28.6. The van der Waals surface area contributed by atoms with Gasteiger partial charge in [-0.3, -0.25) is 0 Å². The first-order chi connectivity index (χ1) is 8.91. The van der Waals surface area contributed by atoms with E-state index in [1.807, 2.05) is 0 Å². The molecule has 0 aliphatic rings. The van der Waals surface area contributed by atoms with E-state index in [1.165, 1.54) is 12.1 Å². The van der Waals surface area contributed by atoms with E-state index in [0.29, 0.717) is 15.1 Å². The van der Waals surface area contributed by atoms with Crippen molar-refractivity contribution < 1.29 is 8.78 Å². The van der Waals surface area contributed by atoms with Crippen LogP contribution in [0.25, 0.3) is 0 Å². The fraction of sp³-hybridized carbons (Fsp3) is 0.0769. The van der Waals surface area contributed by atoms with Crippen LogP contribution in [-0.4, -0.2) is 0 Å². The molecule has 1 nitrogen and oxygen atoms in total. The SMILES string of the molecule is NC(c1ccc(Cl)cc1Br)c1c(F)ccc(Br)c1F. The zero-order valence-electron chi connectivity index (χ0n) is 9.43. The lowest BCUT2D eigenvalue weighted by atomic mass is 9.98. The molecule has 0 amide bonds. The summed E-state index contributed by atoms with van der Waals surface area (Å²) in [6.45, 7) is 0. The topological polar surface area (TPSA) is 26.0 Å². The van der Waals surface area contributed by atoms with Crippen LogP contribution in [0.3, 0.4) is 0 Å². The Labute approximate surface area is 131 Å². The van der Waals surface area contributed by atoms with E-state index in [2.05, 4.69) is 31.9 Å². The lowest BCUT2D eigenvalue weighted by Gasteiger charge is -2.16. The van der Waals surface area contributed by atoms with E-state index < -0.39 is 17.7 Å². The molecule has 2 rings (SSSR count). The van der Waals surface area contributed by atoms with Gasteiger partial charge in [0.15, 0.2) is 0 Å². The second-order valence-electron chi connectivity index (χ2n) is 3.90. The van der Waals surface area contributed by atoms with E-state index in [0.717, 1.165) is 0 Å². The molecule has 0 aliphatic carbocycles. The highest BCUT2D eigenvalue weighted by atomic mass is 79.9. The first-order valence-corrected chi connectivity index (χ1v) is 7.22. The molecule has 19 heavy (non-hydrogen) atoms. The Kier molecular flexibility index (Phi) is 4.61. The number of hydrogen-bond acceptors (Lipinski definition) is 1. The summed E-state index contributed by atoms with van der Waals surface area (Å²) in [6, 6.07) is 6.44. The summed E-state index contributed by atoms with van der Waals surface area (Å²) in [4.78, 5) is 0. The van der Waals surface area contributed by atoms with Gasteiger partial charge in [-0.2, -0.15) is 0 Å². The fourth-order valence-corrected chi connectivity index (χ4v) is 3.01. The van der Waals surface area contributed by atoms with Gasteiger partial charge in [0, 0.05) is 15.1 Å². The molecule has 0 heterocycles. The number of hydrogen-bond donors (Lipinski definition) is 1. The van der Waals surface area contributed by atoms with Gasteiger partial charge in [-0.15, -0.1) is 0 Å². The van der Waals surface area contributed by atoms with Gasteiger partial charge in [-0.05, 0) is 45.8 Å². The number of nitrogens with two attached hydrogens (primary N) is 1. The van der Waals surface area contributed by atoms with E-state index >= 15 is 0 Å². The predicted molar refractivity (Wildman–Crippen MR) is 79.2 cm³/mol. The van der Waals surface area contributed by atoms with Crippen LogP contribution >= 0.6 is 43.5 Å². The molecule has 0 spiro atoms. The summed E-state index contributed by atoms with van der Waals surface area (Å²) >= 11 is 12.1. The largest absolute Gasteiger partial charge is 0.320 e. The minimum atomic E-state index is -0.927. The van der Waals surface area contributed by atoms with Gasteiger partial charge >= 0.3 is 0 Å². The van der Waals surface area contributed by atoms with Gasteiger partial charge in [0.25, 0.3) is 0 Å². The number of rotatable bonds is 2. The molecule has 0 radical (unpaired) electrons. The molecule has 0 aliphatic heterocycles. The average Bonchev–Trinajstić information content (AvgIpc) is 2.34. The van der Waals surface area contributed by atoms with Crippen LogP contribution < -0.4 is 5.73 Å². The minimum Gasteiger partial charge on any atom is -0.320 e. The van der Waals surface area contributed by atoms with Crippen molar-refractivity contribution in [1.29, 1.82) is 0 Å². The molecule has 2 aromatic carbocycles. The van der Waals surface area contributed by atoms with Crippen molar-refractivity contribution in [2.24, 2.45) is 5.73 Å². The van der Waals surface area contributed by atoms with Gasteiger partial charge < -0.3 is 5.73 Å². The molecule has 2 N–H and O–H groups in total. The van der Waals surface area contributed by atoms with Crippen LogP contribution in [0.1, 0.15) is 17.2 Å². The van der Waals surface area contributed by atoms with Crippen LogP contribution in [0.4, 0.5) is 8.78 Å². The van der Waals surface area contributed by atoms with Crippen LogP contribution in [0.5, 0.6) is 0 Å². The van der Waals surface area contributed by atoms with Gasteiger partial charge in [0.1, 0.15) is 11.6 Å². The third kappa shape index (κ3) is 2.99. The lowest BCUT2D eigenvalue weighted by molar-refractivity contribution is 0.539. The Balaban J connectivity index is 2.56. The van der Waals surface area contributed by atoms with Gasteiger partial charge in [-0.1, -0.05) is 33.6 Å². The zero-order valence-corrected chi connectivity index (χ0v) is 13.4. The van der Waals surface area contributed by atoms with E-state index in [-0.39, 0.29) is 10.0 Å².